The van der Waals surface area contributed by atoms with E-state index < -0.39 is 11.4 Å². The van der Waals surface area contributed by atoms with Crippen molar-refractivity contribution in [2.24, 2.45) is 5.73 Å². The molecule has 2 rings (SSSR count). The monoisotopic (exact) mass is 245 g/mol. The van der Waals surface area contributed by atoms with Crippen molar-refractivity contribution in [2.75, 3.05) is 0 Å². The Hall–Kier alpha value is -2.30. The smallest absolute Gasteiger partial charge is 0.268 e. The number of para-hydroxylation sites is 1. The molecule has 1 aromatic heterocycles. The zero-order chi connectivity index (χ0) is 13.3. The number of rotatable bonds is 3. The number of aromatic amines is 1. The van der Waals surface area contributed by atoms with Gasteiger partial charge in [-0.1, -0.05) is 18.2 Å². The predicted octanol–water partition coefficient (Wildman–Crippen LogP) is 1.16. The van der Waals surface area contributed by atoms with E-state index in [1.54, 1.807) is 19.9 Å². The second-order valence-electron chi connectivity index (χ2n) is 4.71. The summed E-state index contributed by atoms with van der Waals surface area (Å²) in [4.78, 5) is 26.1. The number of primary amides is 1. The van der Waals surface area contributed by atoms with Gasteiger partial charge in [0.15, 0.2) is 0 Å². The number of amides is 2. The van der Waals surface area contributed by atoms with Gasteiger partial charge in [0.1, 0.15) is 11.2 Å². The maximum absolute atomic E-state index is 12.0. The van der Waals surface area contributed by atoms with Crippen LogP contribution >= 0.6 is 0 Å². The molecule has 18 heavy (non-hydrogen) atoms. The number of carbonyl (C=O) groups is 2. The number of benzene rings is 1. The molecular weight excluding hydrogens is 230 g/mol. The third-order valence-electron chi connectivity index (χ3n) is 2.82. The van der Waals surface area contributed by atoms with Gasteiger partial charge < -0.3 is 16.0 Å². The number of carbonyl (C=O) groups excluding carboxylic acids is 2. The molecule has 0 saturated heterocycles. The Kier molecular flexibility index (Phi) is 2.82. The summed E-state index contributed by atoms with van der Waals surface area (Å²) in [7, 11) is 0. The van der Waals surface area contributed by atoms with Gasteiger partial charge in [-0.15, -0.1) is 0 Å². The van der Waals surface area contributed by atoms with E-state index in [1.165, 1.54) is 0 Å². The lowest BCUT2D eigenvalue weighted by Gasteiger charge is -2.21. The Morgan fingerprint density at radius 3 is 2.56 bits per heavy atom. The number of fused-ring (bicyclic) bond motifs is 1. The van der Waals surface area contributed by atoms with Crippen molar-refractivity contribution in [2.45, 2.75) is 19.4 Å². The summed E-state index contributed by atoms with van der Waals surface area (Å²) in [5.74, 6) is -0.929. The van der Waals surface area contributed by atoms with Crippen molar-refractivity contribution in [1.82, 2.24) is 10.3 Å². The van der Waals surface area contributed by atoms with Gasteiger partial charge in [0.2, 0.25) is 5.91 Å². The number of aromatic nitrogens is 1. The van der Waals surface area contributed by atoms with Crippen molar-refractivity contribution in [3.63, 3.8) is 0 Å². The van der Waals surface area contributed by atoms with Gasteiger partial charge in [0.25, 0.3) is 5.91 Å². The highest BCUT2D eigenvalue weighted by Crippen LogP contribution is 2.15. The first kappa shape index (κ1) is 12.2. The van der Waals surface area contributed by atoms with E-state index in [1.807, 2.05) is 24.3 Å². The quantitative estimate of drug-likeness (QED) is 0.757. The molecule has 5 heteroatoms. The maximum Gasteiger partial charge on any atom is 0.268 e. The highest BCUT2D eigenvalue weighted by atomic mass is 16.2. The first-order valence-corrected chi connectivity index (χ1v) is 5.60. The number of nitrogens with one attached hydrogen (secondary N) is 2. The lowest BCUT2D eigenvalue weighted by molar-refractivity contribution is -0.122. The van der Waals surface area contributed by atoms with E-state index in [9.17, 15) is 9.59 Å². The van der Waals surface area contributed by atoms with Crippen LogP contribution in [0.5, 0.6) is 0 Å². The lowest BCUT2D eigenvalue weighted by atomic mass is 10.1. The maximum atomic E-state index is 12.0. The van der Waals surface area contributed by atoms with Gasteiger partial charge in [-0.3, -0.25) is 9.59 Å². The Morgan fingerprint density at radius 2 is 1.94 bits per heavy atom. The molecule has 1 heterocycles. The lowest BCUT2D eigenvalue weighted by Crippen LogP contribution is -2.53. The number of nitrogens with two attached hydrogens (primary N) is 1. The normalized spacial score (nSPS) is 11.4. The molecule has 0 radical (unpaired) electrons. The summed E-state index contributed by atoms with van der Waals surface area (Å²) in [6.07, 6.45) is 0. The summed E-state index contributed by atoms with van der Waals surface area (Å²) < 4.78 is 0. The molecule has 0 aliphatic rings. The predicted molar refractivity (Wildman–Crippen MR) is 69.0 cm³/mol. The van der Waals surface area contributed by atoms with Crippen LogP contribution in [0.2, 0.25) is 0 Å². The first-order chi connectivity index (χ1) is 8.40. The van der Waals surface area contributed by atoms with E-state index in [0.717, 1.165) is 10.9 Å². The molecule has 0 unspecified atom stereocenters. The van der Waals surface area contributed by atoms with Crippen molar-refractivity contribution in [3.8, 4) is 0 Å². The summed E-state index contributed by atoms with van der Waals surface area (Å²) in [6, 6.07) is 9.30. The topological polar surface area (TPSA) is 88.0 Å². The van der Waals surface area contributed by atoms with Crippen LogP contribution < -0.4 is 11.1 Å². The molecule has 2 aromatic rings. The van der Waals surface area contributed by atoms with Crippen LogP contribution in [0, 0.1) is 0 Å². The minimum absolute atomic E-state index is 0.352. The molecule has 0 fully saturated rings. The summed E-state index contributed by atoms with van der Waals surface area (Å²) in [5, 5.41) is 3.53. The summed E-state index contributed by atoms with van der Waals surface area (Å²) in [6.45, 7) is 3.13. The van der Waals surface area contributed by atoms with Crippen LogP contribution in [0.4, 0.5) is 0 Å². The zero-order valence-corrected chi connectivity index (χ0v) is 10.3. The Bertz CT molecular complexity index is 580. The standard InChI is InChI=1S/C13H15N3O2/c1-13(2,12(14)18)16-11(17)10-7-8-5-3-4-6-9(8)15-10/h3-7,15H,1-2H3,(H2,14,18)(H,16,17). The van der Waals surface area contributed by atoms with Gasteiger partial charge in [0.05, 0.1) is 0 Å². The highest BCUT2D eigenvalue weighted by molar-refractivity contribution is 6.00. The fourth-order valence-electron chi connectivity index (χ4n) is 1.61. The summed E-state index contributed by atoms with van der Waals surface area (Å²) >= 11 is 0. The Balaban J connectivity index is 2.26. The van der Waals surface area contributed by atoms with Gasteiger partial charge in [0, 0.05) is 10.9 Å². The van der Waals surface area contributed by atoms with Crippen LogP contribution in [-0.2, 0) is 4.79 Å². The van der Waals surface area contributed by atoms with Crippen molar-refractivity contribution < 1.29 is 9.59 Å². The first-order valence-electron chi connectivity index (χ1n) is 5.60. The molecule has 0 saturated carbocycles. The summed E-state index contributed by atoms with van der Waals surface area (Å²) in [5.41, 5.74) is 5.42. The largest absolute Gasteiger partial charge is 0.368 e. The molecule has 0 aliphatic heterocycles. The van der Waals surface area contributed by atoms with Crippen LogP contribution in [-0.4, -0.2) is 22.3 Å². The third kappa shape index (κ3) is 2.20. The zero-order valence-electron chi connectivity index (χ0n) is 10.3. The Morgan fingerprint density at radius 1 is 1.28 bits per heavy atom. The van der Waals surface area contributed by atoms with Crippen LogP contribution in [0.1, 0.15) is 24.3 Å². The second kappa shape index (κ2) is 4.18. The number of H-pyrrole nitrogens is 1. The fraction of sp³-hybridized carbons (Fsp3) is 0.231. The van der Waals surface area contributed by atoms with Crippen LogP contribution in [0.25, 0.3) is 10.9 Å². The molecule has 4 N–H and O–H groups in total. The van der Waals surface area contributed by atoms with Gasteiger partial charge in [-0.25, -0.2) is 0 Å². The van der Waals surface area contributed by atoms with Gasteiger partial charge in [-0.2, -0.15) is 0 Å². The van der Waals surface area contributed by atoms with Crippen molar-refractivity contribution in [3.05, 3.63) is 36.0 Å². The molecule has 94 valence electrons. The van der Waals surface area contributed by atoms with Crippen molar-refractivity contribution in [1.29, 1.82) is 0 Å². The van der Waals surface area contributed by atoms with E-state index >= 15 is 0 Å². The molecular formula is C13H15N3O2. The van der Waals surface area contributed by atoms with E-state index in [-0.39, 0.29) is 5.91 Å². The van der Waals surface area contributed by atoms with Crippen molar-refractivity contribution >= 4 is 22.7 Å². The molecule has 0 spiro atoms. The van der Waals surface area contributed by atoms with Crippen LogP contribution in [0.3, 0.4) is 0 Å². The van der Waals surface area contributed by atoms with Crippen LogP contribution in [0.15, 0.2) is 30.3 Å². The molecule has 0 aliphatic carbocycles. The molecule has 5 nitrogen and oxygen atoms in total. The molecule has 1 aromatic carbocycles. The van der Waals surface area contributed by atoms with E-state index in [2.05, 4.69) is 10.3 Å². The SMILES string of the molecule is CC(C)(NC(=O)c1cc2ccccc2[nH]1)C(N)=O. The van der Waals surface area contributed by atoms with E-state index in [4.69, 9.17) is 5.73 Å². The van der Waals surface area contributed by atoms with Gasteiger partial charge in [-0.05, 0) is 26.0 Å². The van der Waals surface area contributed by atoms with Gasteiger partial charge >= 0.3 is 0 Å². The average molecular weight is 245 g/mol. The number of hydrogen-bond acceptors (Lipinski definition) is 2. The molecule has 2 amide bonds. The van der Waals surface area contributed by atoms with E-state index in [0.29, 0.717) is 5.69 Å². The Labute approximate surface area is 104 Å². The second-order valence-corrected chi connectivity index (χ2v) is 4.71. The fourth-order valence-corrected chi connectivity index (χ4v) is 1.61. The third-order valence-corrected chi connectivity index (χ3v) is 2.82. The molecule has 0 bridgehead atoms. The average Bonchev–Trinajstić information content (AvgIpc) is 2.71. The highest BCUT2D eigenvalue weighted by Gasteiger charge is 2.27. The molecule has 0 atom stereocenters. The number of hydrogen-bond donors (Lipinski definition) is 3. The minimum atomic E-state index is -1.08. The minimum Gasteiger partial charge on any atom is -0.368 e.